The Morgan fingerprint density at radius 3 is 2.21 bits per heavy atom. The molecular formula is C37H31BrN4O6. The normalized spacial score (nSPS) is 23.5. The second kappa shape index (κ2) is 12.1. The van der Waals surface area contributed by atoms with E-state index in [-0.39, 0.29) is 57.6 Å². The first-order valence-electron chi connectivity index (χ1n) is 15.5. The molecule has 1 heterocycles. The number of azo groups is 1. The minimum Gasteiger partial charge on any atom is -0.508 e. The van der Waals surface area contributed by atoms with Gasteiger partial charge in [0.2, 0.25) is 11.8 Å². The summed E-state index contributed by atoms with van der Waals surface area (Å²) in [5.74, 6) is -3.68. The number of Topliss-reactive ketones (excluding diaryl/α,β-unsaturated/α-hetero) is 1. The zero-order chi connectivity index (χ0) is 33.9. The molecular weight excluding hydrogens is 676 g/mol. The van der Waals surface area contributed by atoms with Crippen molar-refractivity contribution in [2.24, 2.45) is 28.0 Å². The van der Waals surface area contributed by atoms with Gasteiger partial charge in [0.1, 0.15) is 11.5 Å². The van der Waals surface area contributed by atoms with Crippen molar-refractivity contribution in [1.82, 2.24) is 0 Å². The van der Waals surface area contributed by atoms with E-state index in [1.807, 2.05) is 49.3 Å². The third kappa shape index (κ3) is 5.18. The summed E-state index contributed by atoms with van der Waals surface area (Å²) in [7, 11) is 5.42. The third-order valence-electron chi connectivity index (χ3n) is 9.63. The molecule has 242 valence electrons. The highest BCUT2D eigenvalue weighted by molar-refractivity contribution is 9.12. The van der Waals surface area contributed by atoms with Gasteiger partial charge in [0.15, 0.2) is 11.6 Å². The number of phenolic OH excluding ortho intramolecular Hbond substituents is 1. The highest BCUT2D eigenvalue weighted by atomic mass is 79.9. The average molecular weight is 708 g/mol. The van der Waals surface area contributed by atoms with Gasteiger partial charge in [-0.25, -0.2) is 0 Å². The molecule has 3 aliphatic carbocycles. The van der Waals surface area contributed by atoms with Gasteiger partial charge in [-0.3, -0.25) is 24.1 Å². The van der Waals surface area contributed by atoms with E-state index in [0.717, 1.165) is 11.3 Å². The van der Waals surface area contributed by atoms with Crippen LogP contribution in [-0.2, 0) is 19.2 Å². The minimum atomic E-state index is -0.788. The van der Waals surface area contributed by atoms with E-state index in [2.05, 4.69) is 26.2 Å². The molecule has 1 saturated heterocycles. The lowest BCUT2D eigenvalue weighted by Crippen LogP contribution is -2.39. The van der Waals surface area contributed by atoms with E-state index in [0.29, 0.717) is 28.4 Å². The zero-order valence-electron chi connectivity index (χ0n) is 26.4. The van der Waals surface area contributed by atoms with Gasteiger partial charge in [0.05, 0.1) is 40.5 Å². The predicted molar refractivity (Wildman–Crippen MR) is 183 cm³/mol. The van der Waals surface area contributed by atoms with E-state index >= 15 is 0 Å². The van der Waals surface area contributed by atoms with E-state index in [1.54, 1.807) is 36.4 Å². The van der Waals surface area contributed by atoms with Gasteiger partial charge < -0.3 is 14.7 Å². The molecule has 3 aromatic rings. The number of amides is 2. The standard InChI is InChI=1S/C37H31BrN4O6/c1-41(2)21-8-4-19(5-9-21)39-40-20-6-10-22(11-7-20)42-36(46)25-14-13-24-26(33(25)37(42)47)17-28-34(31(44)18-29(38)35(28)45)32(24)27-16-23(48-3)12-15-30(27)43/h4-13,15-16,18,25-26,32-33,43H,14,17H2,1-3H3/t25-,26+,32+,33-/m0/s1. The van der Waals surface area contributed by atoms with Crippen molar-refractivity contribution in [3.8, 4) is 11.5 Å². The SMILES string of the molecule is COc1ccc(O)c([C@H]2C3=CC[C@@H]4C(=O)N(c5ccc(N=Nc6ccc(N(C)C)cc6)cc5)C(=O)[C@@H]4[C@@H]3CC3=C2C(=O)C=C(Br)C3=O)c1. The summed E-state index contributed by atoms with van der Waals surface area (Å²) in [5.41, 5.74) is 4.41. The molecule has 0 bridgehead atoms. The summed E-state index contributed by atoms with van der Waals surface area (Å²) in [5, 5.41) is 19.6. The first-order chi connectivity index (χ1) is 23.1. The molecule has 4 atom stereocenters. The number of carbonyl (C=O) groups excluding carboxylic acids is 4. The van der Waals surface area contributed by atoms with Gasteiger partial charge in [0.25, 0.3) is 0 Å². The number of fused-ring (bicyclic) bond motifs is 3. The topological polar surface area (TPSA) is 129 Å². The molecule has 0 radical (unpaired) electrons. The van der Waals surface area contributed by atoms with Crippen molar-refractivity contribution in [2.45, 2.75) is 18.8 Å². The van der Waals surface area contributed by atoms with Gasteiger partial charge in [-0.05, 0) is 101 Å². The van der Waals surface area contributed by atoms with Crippen molar-refractivity contribution >= 4 is 62.1 Å². The third-order valence-corrected chi connectivity index (χ3v) is 10.2. The van der Waals surface area contributed by atoms with Gasteiger partial charge in [-0.2, -0.15) is 10.2 Å². The number of ketones is 2. The van der Waals surface area contributed by atoms with Gasteiger partial charge in [-0.15, -0.1) is 0 Å². The number of ether oxygens (including phenoxy) is 1. The summed E-state index contributed by atoms with van der Waals surface area (Å²) >= 11 is 3.24. The van der Waals surface area contributed by atoms with E-state index in [9.17, 15) is 24.3 Å². The second-order valence-corrected chi connectivity index (χ2v) is 13.3. The Balaban J connectivity index is 1.21. The summed E-state index contributed by atoms with van der Waals surface area (Å²) < 4.78 is 5.56. The van der Waals surface area contributed by atoms with E-state index in [1.165, 1.54) is 24.2 Å². The fourth-order valence-electron chi connectivity index (χ4n) is 7.31. The Morgan fingerprint density at radius 1 is 0.896 bits per heavy atom. The van der Waals surface area contributed by atoms with Crippen LogP contribution in [0.5, 0.6) is 11.5 Å². The number of nitrogens with zero attached hydrogens (tertiary/aromatic N) is 4. The Hall–Kier alpha value is -5.16. The van der Waals surface area contributed by atoms with E-state index < -0.39 is 23.7 Å². The maximum atomic E-state index is 14.2. The molecule has 0 spiro atoms. The van der Waals surface area contributed by atoms with Crippen LogP contribution in [0.1, 0.15) is 24.3 Å². The fourth-order valence-corrected chi connectivity index (χ4v) is 7.76. The van der Waals surface area contributed by atoms with Crippen LogP contribution in [0.15, 0.2) is 110 Å². The lowest BCUT2D eigenvalue weighted by Gasteiger charge is -2.42. The molecule has 0 saturated carbocycles. The Labute approximate surface area is 285 Å². The van der Waals surface area contributed by atoms with Crippen LogP contribution >= 0.6 is 15.9 Å². The van der Waals surface area contributed by atoms with Crippen molar-refractivity contribution in [3.05, 3.63) is 106 Å². The molecule has 48 heavy (non-hydrogen) atoms. The Morgan fingerprint density at radius 2 is 1.56 bits per heavy atom. The zero-order valence-corrected chi connectivity index (χ0v) is 28.0. The number of aromatic hydroxyl groups is 1. The second-order valence-electron chi connectivity index (χ2n) is 12.5. The number of phenols is 1. The molecule has 1 aliphatic heterocycles. The van der Waals surface area contributed by atoms with Crippen LogP contribution in [0.3, 0.4) is 0 Å². The number of imide groups is 1. The average Bonchev–Trinajstić information content (AvgIpc) is 3.35. The first kappa shape index (κ1) is 31.4. The number of anilines is 2. The lowest BCUT2D eigenvalue weighted by molar-refractivity contribution is -0.123. The molecule has 2 amide bonds. The molecule has 4 aliphatic rings. The smallest absolute Gasteiger partial charge is 0.238 e. The quantitative estimate of drug-likeness (QED) is 0.129. The number of carbonyl (C=O) groups is 4. The summed E-state index contributed by atoms with van der Waals surface area (Å²) in [6.07, 6.45) is 3.57. The first-order valence-corrected chi connectivity index (χ1v) is 16.3. The van der Waals surface area contributed by atoms with E-state index in [4.69, 9.17) is 4.74 Å². The summed E-state index contributed by atoms with van der Waals surface area (Å²) in [4.78, 5) is 58.3. The molecule has 11 heteroatoms. The number of halogens is 1. The maximum Gasteiger partial charge on any atom is 0.238 e. The van der Waals surface area contributed by atoms with Crippen molar-refractivity contribution in [1.29, 1.82) is 0 Å². The Kier molecular flexibility index (Phi) is 7.95. The molecule has 0 unspecified atom stereocenters. The van der Waals surface area contributed by atoms with Crippen LogP contribution < -0.4 is 14.5 Å². The fraction of sp³-hybridized carbons (Fsp3) is 0.243. The summed E-state index contributed by atoms with van der Waals surface area (Å²) in [6.45, 7) is 0. The highest BCUT2D eigenvalue weighted by Crippen LogP contribution is 2.56. The van der Waals surface area contributed by atoms with Crippen LogP contribution in [0.4, 0.5) is 22.7 Å². The number of allylic oxidation sites excluding steroid dienone is 6. The van der Waals surface area contributed by atoms with Crippen molar-refractivity contribution in [2.75, 3.05) is 31.0 Å². The number of hydrogen-bond acceptors (Lipinski definition) is 9. The predicted octanol–water partition coefficient (Wildman–Crippen LogP) is 6.85. The molecule has 7 rings (SSSR count). The monoisotopic (exact) mass is 706 g/mol. The van der Waals surface area contributed by atoms with Crippen LogP contribution in [-0.4, -0.2) is 49.7 Å². The van der Waals surface area contributed by atoms with Gasteiger partial charge in [0, 0.05) is 48.5 Å². The molecule has 1 fully saturated rings. The van der Waals surface area contributed by atoms with Crippen LogP contribution in [0.25, 0.3) is 0 Å². The highest BCUT2D eigenvalue weighted by Gasteiger charge is 2.57. The van der Waals surface area contributed by atoms with Crippen LogP contribution in [0, 0.1) is 17.8 Å². The van der Waals surface area contributed by atoms with Crippen molar-refractivity contribution < 1.29 is 29.0 Å². The number of methoxy groups -OCH3 is 1. The number of benzene rings is 3. The molecule has 3 aromatic carbocycles. The molecule has 10 nitrogen and oxygen atoms in total. The molecule has 0 aromatic heterocycles. The number of rotatable bonds is 6. The van der Waals surface area contributed by atoms with Gasteiger partial charge in [-0.1, -0.05) is 11.6 Å². The largest absolute Gasteiger partial charge is 0.508 e. The maximum absolute atomic E-state index is 14.2. The van der Waals surface area contributed by atoms with Gasteiger partial charge >= 0.3 is 0 Å². The van der Waals surface area contributed by atoms with Crippen molar-refractivity contribution in [3.63, 3.8) is 0 Å². The lowest BCUT2D eigenvalue weighted by atomic mass is 9.59. The summed E-state index contributed by atoms with van der Waals surface area (Å²) in [6, 6.07) is 19.1. The number of hydrogen-bond donors (Lipinski definition) is 1. The van der Waals surface area contributed by atoms with Crippen LogP contribution in [0.2, 0.25) is 0 Å². The Bertz CT molecular complexity index is 2010. The minimum absolute atomic E-state index is 0.0662. The molecule has 1 N–H and O–H groups in total.